The van der Waals surface area contributed by atoms with Crippen molar-refractivity contribution < 1.29 is 13.2 Å². The minimum atomic E-state index is -4.08. The topological polar surface area (TPSA) is 15.3 Å². The van der Waals surface area contributed by atoms with Crippen molar-refractivity contribution in [2.45, 2.75) is 26.4 Å². The van der Waals surface area contributed by atoms with Gasteiger partial charge in [0.1, 0.15) is 0 Å². The lowest BCUT2D eigenvalue weighted by Gasteiger charge is -2.31. The Kier molecular flexibility index (Phi) is 4.00. The maximum atomic E-state index is 12.2. The normalized spacial score (nSPS) is 27.6. The third-order valence-corrected chi connectivity index (χ3v) is 2.91. The zero-order valence-corrected chi connectivity index (χ0v) is 9.32. The average Bonchev–Trinajstić information content (AvgIpc) is 2.48. The summed E-state index contributed by atoms with van der Waals surface area (Å²) in [6.07, 6.45) is -3.13. The van der Waals surface area contributed by atoms with Gasteiger partial charge in [-0.1, -0.05) is 13.8 Å². The molecule has 15 heavy (non-hydrogen) atoms. The zero-order chi connectivity index (χ0) is 11.5. The Morgan fingerprint density at radius 3 is 2.47 bits per heavy atom. The second-order valence-corrected chi connectivity index (χ2v) is 4.66. The van der Waals surface area contributed by atoms with E-state index in [0.717, 1.165) is 19.5 Å². The van der Waals surface area contributed by atoms with Crippen molar-refractivity contribution in [2.75, 3.05) is 32.7 Å². The molecule has 5 heteroatoms. The SMILES string of the molecule is CCN(CC(F)(F)F)CC1(C)CCNC1. The highest BCUT2D eigenvalue weighted by Crippen LogP contribution is 2.27. The van der Waals surface area contributed by atoms with E-state index < -0.39 is 12.7 Å². The van der Waals surface area contributed by atoms with Gasteiger partial charge in [0, 0.05) is 13.1 Å². The molecule has 1 aliphatic heterocycles. The summed E-state index contributed by atoms with van der Waals surface area (Å²) in [5.41, 5.74) is 0.00125. The summed E-state index contributed by atoms with van der Waals surface area (Å²) in [7, 11) is 0. The molecule has 1 heterocycles. The van der Waals surface area contributed by atoms with Crippen LogP contribution in [0.4, 0.5) is 13.2 Å². The summed E-state index contributed by atoms with van der Waals surface area (Å²) in [4.78, 5) is 1.48. The van der Waals surface area contributed by atoms with Gasteiger partial charge in [-0.15, -0.1) is 0 Å². The molecule has 1 rings (SSSR count). The second-order valence-electron chi connectivity index (χ2n) is 4.66. The Morgan fingerprint density at radius 2 is 2.07 bits per heavy atom. The number of nitrogens with zero attached hydrogens (tertiary/aromatic N) is 1. The van der Waals surface area contributed by atoms with Crippen molar-refractivity contribution in [2.24, 2.45) is 5.41 Å². The molecule has 90 valence electrons. The largest absolute Gasteiger partial charge is 0.401 e. The number of alkyl halides is 3. The fourth-order valence-corrected chi connectivity index (χ4v) is 2.08. The minimum absolute atomic E-state index is 0.00125. The maximum Gasteiger partial charge on any atom is 0.401 e. The number of rotatable bonds is 4. The van der Waals surface area contributed by atoms with Gasteiger partial charge in [0.25, 0.3) is 0 Å². The fraction of sp³-hybridized carbons (Fsp3) is 1.00. The average molecular weight is 224 g/mol. The molecule has 0 aromatic carbocycles. The Hall–Kier alpha value is -0.290. The van der Waals surface area contributed by atoms with Crippen molar-refractivity contribution in [1.82, 2.24) is 10.2 Å². The van der Waals surface area contributed by atoms with E-state index in [1.165, 1.54) is 4.90 Å². The van der Waals surface area contributed by atoms with Crippen LogP contribution in [-0.2, 0) is 0 Å². The van der Waals surface area contributed by atoms with E-state index >= 15 is 0 Å². The van der Waals surface area contributed by atoms with Crippen LogP contribution in [0, 0.1) is 5.41 Å². The van der Waals surface area contributed by atoms with E-state index in [1.54, 1.807) is 6.92 Å². The van der Waals surface area contributed by atoms with Crippen molar-refractivity contribution >= 4 is 0 Å². The number of hydrogen-bond acceptors (Lipinski definition) is 2. The van der Waals surface area contributed by atoms with Crippen LogP contribution in [0.5, 0.6) is 0 Å². The van der Waals surface area contributed by atoms with Crippen molar-refractivity contribution in [3.05, 3.63) is 0 Å². The smallest absolute Gasteiger partial charge is 0.316 e. The molecule has 0 bridgehead atoms. The number of halogens is 3. The molecule has 1 N–H and O–H groups in total. The van der Waals surface area contributed by atoms with E-state index in [1.807, 2.05) is 6.92 Å². The molecule has 1 atom stereocenters. The fourth-order valence-electron chi connectivity index (χ4n) is 2.08. The molecule has 0 spiro atoms. The lowest BCUT2D eigenvalue weighted by Crippen LogP contribution is -2.42. The van der Waals surface area contributed by atoms with Gasteiger partial charge in [-0.3, -0.25) is 4.90 Å². The van der Waals surface area contributed by atoms with Crippen LogP contribution < -0.4 is 5.32 Å². The van der Waals surface area contributed by atoms with Crippen LogP contribution >= 0.6 is 0 Å². The summed E-state index contributed by atoms with van der Waals surface area (Å²) >= 11 is 0. The highest BCUT2D eigenvalue weighted by Gasteiger charge is 2.35. The lowest BCUT2D eigenvalue weighted by molar-refractivity contribution is -0.148. The molecule has 0 amide bonds. The van der Waals surface area contributed by atoms with Crippen molar-refractivity contribution in [1.29, 1.82) is 0 Å². The molecule has 0 radical (unpaired) electrons. The first-order valence-electron chi connectivity index (χ1n) is 5.34. The van der Waals surface area contributed by atoms with Crippen LogP contribution in [-0.4, -0.2) is 43.8 Å². The quantitative estimate of drug-likeness (QED) is 0.784. The van der Waals surface area contributed by atoms with Gasteiger partial charge in [0.15, 0.2) is 0 Å². The van der Waals surface area contributed by atoms with E-state index in [4.69, 9.17) is 0 Å². The molecule has 0 aliphatic carbocycles. The van der Waals surface area contributed by atoms with Crippen LogP contribution in [0.1, 0.15) is 20.3 Å². The molecule has 1 aliphatic rings. The van der Waals surface area contributed by atoms with Gasteiger partial charge < -0.3 is 5.32 Å². The second kappa shape index (κ2) is 4.70. The summed E-state index contributed by atoms with van der Waals surface area (Å²) in [5, 5.41) is 3.20. The molecule has 1 saturated heterocycles. The number of hydrogen-bond donors (Lipinski definition) is 1. The third kappa shape index (κ3) is 4.38. The van der Waals surface area contributed by atoms with Gasteiger partial charge in [-0.2, -0.15) is 13.2 Å². The maximum absolute atomic E-state index is 12.2. The standard InChI is InChI=1S/C10H19F3N2/c1-3-15(8-10(11,12)13)7-9(2)4-5-14-6-9/h14H,3-8H2,1-2H3. The van der Waals surface area contributed by atoms with Crippen LogP contribution in [0.3, 0.4) is 0 Å². The van der Waals surface area contributed by atoms with Crippen LogP contribution in [0.15, 0.2) is 0 Å². The molecule has 2 nitrogen and oxygen atoms in total. The molecule has 0 aromatic heterocycles. The first-order chi connectivity index (χ1) is 6.85. The lowest BCUT2D eigenvalue weighted by atomic mass is 9.89. The summed E-state index contributed by atoms with van der Waals surface area (Å²) in [6.45, 7) is 5.75. The predicted octanol–water partition coefficient (Wildman–Crippen LogP) is 1.87. The molecule has 0 saturated carbocycles. The zero-order valence-electron chi connectivity index (χ0n) is 9.32. The first-order valence-corrected chi connectivity index (χ1v) is 5.34. The van der Waals surface area contributed by atoms with E-state index in [9.17, 15) is 13.2 Å². The van der Waals surface area contributed by atoms with Gasteiger partial charge in [0.05, 0.1) is 6.54 Å². The molecular weight excluding hydrogens is 205 g/mol. The molecule has 1 unspecified atom stereocenters. The highest BCUT2D eigenvalue weighted by atomic mass is 19.4. The van der Waals surface area contributed by atoms with Gasteiger partial charge in [0.2, 0.25) is 0 Å². The van der Waals surface area contributed by atoms with Gasteiger partial charge in [-0.25, -0.2) is 0 Å². The van der Waals surface area contributed by atoms with Crippen molar-refractivity contribution in [3.8, 4) is 0 Å². The molecule has 0 aromatic rings. The Labute approximate surface area is 88.8 Å². The van der Waals surface area contributed by atoms with E-state index in [2.05, 4.69) is 5.32 Å². The Bertz CT molecular complexity index is 197. The monoisotopic (exact) mass is 224 g/mol. The van der Waals surface area contributed by atoms with Crippen molar-refractivity contribution in [3.63, 3.8) is 0 Å². The summed E-state index contributed by atoms with van der Waals surface area (Å²) in [5.74, 6) is 0. The first kappa shape index (κ1) is 12.8. The highest BCUT2D eigenvalue weighted by molar-refractivity contribution is 4.86. The summed E-state index contributed by atoms with van der Waals surface area (Å²) in [6, 6.07) is 0. The van der Waals surface area contributed by atoms with E-state index in [-0.39, 0.29) is 5.41 Å². The van der Waals surface area contributed by atoms with Crippen LogP contribution in [0.25, 0.3) is 0 Å². The van der Waals surface area contributed by atoms with Crippen LogP contribution in [0.2, 0.25) is 0 Å². The van der Waals surface area contributed by atoms with Gasteiger partial charge in [-0.05, 0) is 24.9 Å². The van der Waals surface area contributed by atoms with Gasteiger partial charge >= 0.3 is 6.18 Å². The Morgan fingerprint density at radius 1 is 1.40 bits per heavy atom. The molecular formula is C10H19F3N2. The summed E-state index contributed by atoms with van der Waals surface area (Å²) < 4.78 is 36.7. The number of nitrogens with one attached hydrogen (secondary N) is 1. The minimum Gasteiger partial charge on any atom is -0.316 e. The molecule has 1 fully saturated rings. The third-order valence-electron chi connectivity index (χ3n) is 2.91. The predicted molar refractivity (Wildman–Crippen MR) is 53.8 cm³/mol. The van der Waals surface area contributed by atoms with E-state index in [0.29, 0.717) is 13.1 Å². The Balaban J connectivity index is 2.46.